The van der Waals surface area contributed by atoms with Crippen molar-refractivity contribution in [2.45, 2.75) is 24.9 Å². The molecule has 0 unspecified atom stereocenters. The molecule has 0 fully saturated rings. The van der Waals surface area contributed by atoms with Crippen molar-refractivity contribution in [3.05, 3.63) is 0 Å². The molecular formula is C12H21N3O6S. The summed E-state index contributed by atoms with van der Waals surface area (Å²) < 4.78 is 8.81. The second kappa shape index (κ2) is 10.9. The lowest BCUT2D eigenvalue weighted by molar-refractivity contribution is -0.142. The van der Waals surface area contributed by atoms with E-state index in [0.29, 0.717) is 0 Å². The molecule has 126 valence electrons. The van der Waals surface area contributed by atoms with Crippen LogP contribution in [-0.4, -0.2) is 62.4 Å². The first-order valence-corrected chi connectivity index (χ1v) is 7.07. The van der Waals surface area contributed by atoms with Crippen molar-refractivity contribution in [3.63, 3.8) is 0 Å². The predicted octanol–water partition coefficient (Wildman–Crippen LogP) is -2.03. The molecule has 0 aromatic heterocycles. The van der Waals surface area contributed by atoms with E-state index in [1.54, 1.807) is 0 Å². The van der Waals surface area contributed by atoms with Crippen LogP contribution in [0.15, 0.2) is 0 Å². The van der Waals surface area contributed by atoms with Crippen LogP contribution >= 0.6 is 12.6 Å². The molecule has 0 heterocycles. The van der Waals surface area contributed by atoms with E-state index in [4.69, 9.17) is 5.73 Å². The van der Waals surface area contributed by atoms with Crippen LogP contribution in [0, 0.1) is 0 Å². The van der Waals surface area contributed by atoms with E-state index in [1.165, 1.54) is 14.2 Å². The number of ether oxygens (including phenoxy) is 2. The Morgan fingerprint density at radius 3 is 2.32 bits per heavy atom. The molecule has 22 heavy (non-hydrogen) atoms. The number of thiol groups is 1. The number of carbonyl (C=O) groups is 4. The topological polar surface area (TPSA) is 137 Å². The number of rotatable bonds is 9. The SMILES string of the molecule is COC(=O)CNC(=O)[C@H](CS)NC(=O)CC[C@H](N)C(=O)OC. The molecule has 0 aliphatic carbocycles. The van der Waals surface area contributed by atoms with Gasteiger partial charge in [-0.25, -0.2) is 0 Å². The van der Waals surface area contributed by atoms with Gasteiger partial charge in [-0.1, -0.05) is 0 Å². The molecule has 0 aliphatic heterocycles. The van der Waals surface area contributed by atoms with Gasteiger partial charge in [0.05, 0.1) is 14.2 Å². The maximum Gasteiger partial charge on any atom is 0.325 e. The van der Waals surface area contributed by atoms with Gasteiger partial charge in [0, 0.05) is 12.2 Å². The number of esters is 2. The minimum atomic E-state index is -0.908. The Labute approximate surface area is 133 Å². The van der Waals surface area contributed by atoms with Crippen LogP contribution in [-0.2, 0) is 28.7 Å². The summed E-state index contributed by atoms with van der Waals surface area (Å²) >= 11 is 3.96. The van der Waals surface area contributed by atoms with Crippen molar-refractivity contribution >= 4 is 36.4 Å². The van der Waals surface area contributed by atoms with Gasteiger partial charge in [-0.15, -0.1) is 0 Å². The average molecular weight is 335 g/mol. The number of nitrogens with two attached hydrogens (primary N) is 1. The molecule has 0 radical (unpaired) electrons. The fraction of sp³-hybridized carbons (Fsp3) is 0.667. The molecule has 0 aromatic rings. The quantitative estimate of drug-likeness (QED) is 0.282. The van der Waals surface area contributed by atoms with Crippen molar-refractivity contribution in [1.29, 1.82) is 0 Å². The summed E-state index contributed by atoms with van der Waals surface area (Å²) in [6.45, 7) is -0.303. The third-order valence-corrected chi connectivity index (χ3v) is 3.02. The second-order valence-corrected chi connectivity index (χ2v) is 4.63. The van der Waals surface area contributed by atoms with E-state index < -0.39 is 35.8 Å². The Hall–Kier alpha value is -1.81. The Balaban J connectivity index is 4.25. The molecule has 0 bridgehead atoms. The first-order chi connectivity index (χ1) is 10.3. The van der Waals surface area contributed by atoms with Crippen LogP contribution in [0.2, 0.25) is 0 Å². The maximum atomic E-state index is 11.7. The van der Waals surface area contributed by atoms with Crippen molar-refractivity contribution in [1.82, 2.24) is 10.6 Å². The van der Waals surface area contributed by atoms with Crippen LogP contribution in [0.25, 0.3) is 0 Å². The largest absolute Gasteiger partial charge is 0.468 e. The van der Waals surface area contributed by atoms with Crippen LogP contribution in [0.4, 0.5) is 0 Å². The minimum absolute atomic E-state index is 0.0435. The minimum Gasteiger partial charge on any atom is -0.468 e. The van der Waals surface area contributed by atoms with Crippen molar-refractivity contribution in [2.75, 3.05) is 26.5 Å². The van der Waals surface area contributed by atoms with E-state index >= 15 is 0 Å². The zero-order valence-electron chi connectivity index (χ0n) is 12.5. The summed E-state index contributed by atoms with van der Waals surface area (Å²) in [5.74, 6) is -2.21. The van der Waals surface area contributed by atoms with E-state index in [2.05, 4.69) is 32.7 Å². The summed E-state index contributed by atoms with van der Waals surface area (Å²) in [5, 5.41) is 4.74. The van der Waals surface area contributed by atoms with E-state index in [9.17, 15) is 19.2 Å². The highest BCUT2D eigenvalue weighted by Gasteiger charge is 2.21. The highest BCUT2D eigenvalue weighted by Crippen LogP contribution is 1.98. The van der Waals surface area contributed by atoms with Crippen LogP contribution in [0.5, 0.6) is 0 Å². The maximum absolute atomic E-state index is 11.7. The van der Waals surface area contributed by atoms with Crippen molar-refractivity contribution in [2.24, 2.45) is 5.73 Å². The number of hydrogen-bond donors (Lipinski definition) is 4. The first-order valence-electron chi connectivity index (χ1n) is 6.43. The third-order valence-electron chi connectivity index (χ3n) is 2.66. The standard InChI is InChI=1S/C12H21N3O6S/c1-20-10(17)5-14-11(18)8(6-22)15-9(16)4-3-7(13)12(19)21-2/h7-8,22H,3-6,13H2,1-2H3,(H,14,18)(H,15,16)/t7-,8-/m0/s1. The summed E-state index contributed by atoms with van der Waals surface area (Å²) in [6, 6.07) is -1.81. The Morgan fingerprint density at radius 2 is 1.82 bits per heavy atom. The number of amides is 2. The van der Waals surface area contributed by atoms with Gasteiger partial charge in [0.2, 0.25) is 11.8 Å². The van der Waals surface area contributed by atoms with E-state index in [-0.39, 0.29) is 25.1 Å². The Bertz CT molecular complexity index is 418. The first kappa shape index (κ1) is 20.2. The molecule has 2 atom stereocenters. The predicted molar refractivity (Wildman–Crippen MR) is 80.0 cm³/mol. The highest BCUT2D eigenvalue weighted by atomic mass is 32.1. The van der Waals surface area contributed by atoms with Crippen LogP contribution < -0.4 is 16.4 Å². The number of methoxy groups -OCH3 is 2. The molecule has 2 amide bonds. The zero-order valence-corrected chi connectivity index (χ0v) is 13.4. The summed E-state index contributed by atoms with van der Waals surface area (Å²) in [4.78, 5) is 45.5. The Kier molecular flexibility index (Phi) is 9.96. The molecular weight excluding hydrogens is 314 g/mol. The normalized spacial score (nSPS) is 12.7. The van der Waals surface area contributed by atoms with Crippen molar-refractivity contribution < 1.29 is 28.7 Å². The van der Waals surface area contributed by atoms with Gasteiger partial charge < -0.3 is 25.8 Å². The lowest BCUT2D eigenvalue weighted by Gasteiger charge is -2.16. The van der Waals surface area contributed by atoms with Gasteiger partial charge in [0.15, 0.2) is 0 Å². The molecule has 0 aliphatic rings. The number of hydrogen-bond acceptors (Lipinski definition) is 8. The van der Waals surface area contributed by atoms with Gasteiger partial charge in [-0.3, -0.25) is 19.2 Å². The van der Waals surface area contributed by atoms with Gasteiger partial charge >= 0.3 is 11.9 Å². The van der Waals surface area contributed by atoms with Gasteiger partial charge in [0.25, 0.3) is 0 Å². The molecule has 9 nitrogen and oxygen atoms in total. The fourth-order valence-electron chi connectivity index (χ4n) is 1.37. The molecule has 0 rings (SSSR count). The molecule has 0 aromatic carbocycles. The average Bonchev–Trinajstić information content (AvgIpc) is 2.53. The number of carbonyl (C=O) groups excluding carboxylic acids is 4. The molecule has 0 saturated heterocycles. The summed E-state index contributed by atoms with van der Waals surface area (Å²) in [5.41, 5.74) is 5.50. The third kappa shape index (κ3) is 7.84. The van der Waals surface area contributed by atoms with Crippen LogP contribution in [0.3, 0.4) is 0 Å². The van der Waals surface area contributed by atoms with Gasteiger partial charge in [0.1, 0.15) is 18.6 Å². The number of nitrogens with one attached hydrogen (secondary N) is 2. The zero-order chi connectivity index (χ0) is 17.1. The monoisotopic (exact) mass is 335 g/mol. The molecule has 10 heteroatoms. The van der Waals surface area contributed by atoms with Gasteiger partial charge in [-0.2, -0.15) is 12.6 Å². The second-order valence-electron chi connectivity index (χ2n) is 4.26. The van der Waals surface area contributed by atoms with E-state index in [0.717, 1.165) is 0 Å². The van der Waals surface area contributed by atoms with Crippen LogP contribution in [0.1, 0.15) is 12.8 Å². The molecule has 0 saturated carbocycles. The Morgan fingerprint density at radius 1 is 1.18 bits per heavy atom. The highest BCUT2D eigenvalue weighted by molar-refractivity contribution is 7.80. The summed E-state index contributed by atoms with van der Waals surface area (Å²) in [7, 11) is 2.39. The van der Waals surface area contributed by atoms with Gasteiger partial charge in [-0.05, 0) is 6.42 Å². The van der Waals surface area contributed by atoms with Crippen molar-refractivity contribution in [3.8, 4) is 0 Å². The lowest BCUT2D eigenvalue weighted by Crippen LogP contribution is -2.49. The fourth-order valence-corrected chi connectivity index (χ4v) is 1.63. The molecule has 0 spiro atoms. The lowest BCUT2D eigenvalue weighted by atomic mass is 10.1. The smallest absolute Gasteiger partial charge is 0.325 e. The molecule has 4 N–H and O–H groups in total. The van der Waals surface area contributed by atoms with E-state index in [1.807, 2.05) is 0 Å². The summed E-state index contributed by atoms with van der Waals surface area (Å²) in [6.07, 6.45) is 0.0341.